The maximum atomic E-state index is 4.34. The average molecular weight is 250 g/mol. The van der Waals surface area contributed by atoms with E-state index in [9.17, 15) is 0 Å². The maximum absolute atomic E-state index is 4.34. The highest BCUT2D eigenvalue weighted by molar-refractivity contribution is 5.04. The van der Waals surface area contributed by atoms with Crippen LogP contribution in [0.4, 0.5) is 0 Å². The predicted molar refractivity (Wildman–Crippen MR) is 74.5 cm³/mol. The molecule has 4 nitrogen and oxygen atoms in total. The SMILES string of the molecule is CCCNC1CCCN(Cc2cnn(CC)c2)C1. The molecular weight excluding hydrogens is 224 g/mol. The third kappa shape index (κ3) is 3.82. The van der Waals surface area contributed by atoms with Crippen molar-refractivity contribution in [1.29, 1.82) is 0 Å². The van der Waals surface area contributed by atoms with Crippen LogP contribution in [0.1, 0.15) is 38.7 Å². The van der Waals surface area contributed by atoms with E-state index in [1.165, 1.54) is 37.9 Å². The van der Waals surface area contributed by atoms with E-state index in [1.807, 2.05) is 10.9 Å². The van der Waals surface area contributed by atoms with Gasteiger partial charge in [-0.1, -0.05) is 6.92 Å². The van der Waals surface area contributed by atoms with Crippen molar-refractivity contribution in [3.05, 3.63) is 18.0 Å². The van der Waals surface area contributed by atoms with Crippen LogP contribution in [0.3, 0.4) is 0 Å². The van der Waals surface area contributed by atoms with Gasteiger partial charge < -0.3 is 5.32 Å². The highest BCUT2D eigenvalue weighted by Crippen LogP contribution is 2.13. The smallest absolute Gasteiger partial charge is 0.0534 e. The third-order valence-electron chi connectivity index (χ3n) is 3.61. The largest absolute Gasteiger partial charge is 0.313 e. The maximum Gasteiger partial charge on any atom is 0.0534 e. The minimum Gasteiger partial charge on any atom is -0.313 e. The van der Waals surface area contributed by atoms with Gasteiger partial charge in [-0.25, -0.2) is 0 Å². The number of hydrogen-bond acceptors (Lipinski definition) is 3. The van der Waals surface area contributed by atoms with Gasteiger partial charge >= 0.3 is 0 Å². The standard InChI is InChI=1S/C14H26N4/c1-3-7-15-14-6-5-8-17(12-14)10-13-9-16-18(4-2)11-13/h9,11,14-15H,3-8,10,12H2,1-2H3. The third-order valence-corrected chi connectivity index (χ3v) is 3.61. The summed E-state index contributed by atoms with van der Waals surface area (Å²) in [6.45, 7) is 9.91. The first-order valence-corrected chi connectivity index (χ1v) is 7.29. The highest BCUT2D eigenvalue weighted by atomic mass is 15.3. The van der Waals surface area contributed by atoms with Gasteiger partial charge in [0.1, 0.15) is 0 Å². The summed E-state index contributed by atoms with van der Waals surface area (Å²) in [5, 5.41) is 7.98. The van der Waals surface area contributed by atoms with Crippen molar-refractivity contribution in [3.63, 3.8) is 0 Å². The van der Waals surface area contributed by atoms with Gasteiger partial charge in [0.25, 0.3) is 0 Å². The quantitative estimate of drug-likeness (QED) is 0.836. The van der Waals surface area contributed by atoms with Crippen molar-refractivity contribution in [3.8, 4) is 0 Å². The van der Waals surface area contributed by atoms with Crippen molar-refractivity contribution >= 4 is 0 Å². The van der Waals surface area contributed by atoms with Crippen molar-refractivity contribution in [1.82, 2.24) is 20.0 Å². The molecular formula is C14H26N4. The predicted octanol–water partition coefficient (Wildman–Crippen LogP) is 1.87. The molecule has 0 radical (unpaired) electrons. The molecule has 2 rings (SSSR count). The Balaban J connectivity index is 1.81. The zero-order valence-corrected chi connectivity index (χ0v) is 11.7. The number of nitrogens with zero attached hydrogens (tertiary/aromatic N) is 3. The molecule has 1 saturated heterocycles. The van der Waals surface area contributed by atoms with Crippen molar-refractivity contribution in [2.75, 3.05) is 19.6 Å². The molecule has 1 fully saturated rings. The first kappa shape index (κ1) is 13.6. The Bertz CT molecular complexity index is 347. The molecule has 0 aliphatic carbocycles. The van der Waals surface area contributed by atoms with Gasteiger partial charge in [-0.15, -0.1) is 0 Å². The lowest BCUT2D eigenvalue weighted by atomic mass is 10.1. The second-order valence-electron chi connectivity index (χ2n) is 5.23. The topological polar surface area (TPSA) is 33.1 Å². The van der Waals surface area contributed by atoms with E-state index in [-0.39, 0.29) is 0 Å². The summed E-state index contributed by atoms with van der Waals surface area (Å²) in [5.74, 6) is 0. The van der Waals surface area contributed by atoms with E-state index in [4.69, 9.17) is 0 Å². The summed E-state index contributed by atoms with van der Waals surface area (Å²) in [4.78, 5) is 2.55. The summed E-state index contributed by atoms with van der Waals surface area (Å²) in [6, 6.07) is 0.680. The number of rotatable bonds is 6. The Morgan fingerprint density at radius 2 is 2.33 bits per heavy atom. The number of nitrogens with one attached hydrogen (secondary N) is 1. The number of aromatic nitrogens is 2. The van der Waals surface area contributed by atoms with Crippen LogP contribution in [0, 0.1) is 0 Å². The summed E-state index contributed by atoms with van der Waals surface area (Å²) < 4.78 is 2.01. The second kappa shape index (κ2) is 6.90. The molecule has 1 aromatic rings. The molecule has 0 spiro atoms. The van der Waals surface area contributed by atoms with Crippen molar-refractivity contribution in [2.45, 2.75) is 52.2 Å². The van der Waals surface area contributed by atoms with Crippen LogP contribution in [0.5, 0.6) is 0 Å². The highest BCUT2D eigenvalue weighted by Gasteiger charge is 2.19. The van der Waals surface area contributed by atoms with Crippen LogP contribution in [0.25, 0.3) is 0 Å². The number of hydrogen-bond donors (Lipinski definition) is 1. The van der Waals surface area contributed by atoms with E-state index >= 15 is 0 Å². The molecule has 1 aromatic heterocycles. The minimum atomic E-state index is 0.680. The van der Waals surface area contributed by atoms with E-state index in [0.29, 0.717) is 6.04 Å². The van der Waals surface area contributed by atoms with Crippen molar-refractivity contribution in [2.24, 2.45) is 0 Å². The first-order valence-electron chi connectivity index (χ1n) is 7.29. The molecule has 4 heteroatoms. The van der Waals surface area contributed by atoms with E-state index in [0.717, 1.165) is 19.6 Å². The molecule has 0 saturated carbocycles. The fourth-order valence-electron chi connectivity index (χ4n) is 2.63. The Hall–Kier alpha value is -0.870. The normalized spacial score (nSPS) is 21.3. The second-order valence-corrected chi connectivity index (χ2v) is 5.23. The van der Waals surface area contributed by atoms with Gasteiger partial charge in [0.2, 0.25) is 0 Å². The number of aryl methyl sites for hydroxylation is 1. The van der Waals surface area contributed by atoms with Crippen LogP contribution in [-0.2, 0) is 13.1 Å². The van der Waals surface area contributed by atoms with Gasteiger partial charge in [-0.3, -0.25) is 9.58 Å². The van der Waals surface area contributed by atoms with Gasteiger partial charge in [0, 0.05) is 37.4 Å². The van der Waals surface area contributed by atoms with Crippen LogP contribution >= 0.6 is 0 Å². The zero-order chi connectivity index (χ0) is 12.8. The Kier molecular flexibility index (Phi) is 5.20. The molecule has 1 N–H and O–H groups in total. The molecule has 0 bridgehead atoms. The van der Waals surface area contributed by atoms with Gasteiger partial charge in [0.05, 0.1) is 6.20 Å². The monoisotopic (exact) mass is 250 g/mol. The molecule has 1 unspecified atom stereocenters. The van der Waals surface area contributed by atoms with Gasteiger partial charge in [0.15, 0.2) is 0 Å². The summed E-state index contributed by atoms with van der Waals surface area (Å²) >= 11 is 0. The van der Waals surface area contributed by atoms with Gasteiger partial charge in [-0.2, -0.15) is 5.10 Å². The summed E-state index contributed by atoms with van der Waals surface area (Å²) in [5.41, 5.74) is 1.34. The first-order chi connectivity index (χ1) is 8.81. The van der Waals surface area contributed by atoms with E-state index in [1.54, 1.807) is 0 Å². The lowest BCUT2D eigenvalue weighted by Gasteiger charge is -2.33. The molecule has 18 heavy (non-hydrogen) atoms. The number of piperidine rings is 1. The van der Waals surface area contributed by atoms with Gasteiger partial charge in [-0.05, 0) is 39.3 Å². The molecule has 102 valence electrons. The Morgan fingerprint density at radius 3 is 3.06 bits per heavy atom. The van der Waals surface area contributed by atoms with E-state index < -0.39 is 0 Å². The molecule has 1 aliphatic heterocycles. The lowest BCUT2D eigenvalue weighted by molar-refractivity contribution is 0.183. The number of likely N-dealkylation sites (tertiary alicyclic amines) is 1. The average Bonchev–Trinajstić information content (AvgIpc) is 2.84. The lowest BCUT2D eigenvalue weighted by Crippen LogP contribution is -2.45. The zero-order valence-electron chi connectivity index (χ0n) is 11.7. The molecule has 1 atom stereocenters. The van der Waals surface area contributed by atoms with Crippen molar-refractivity contribution < 1.29 is 0 Å². The van der Waals surface area contributed by atoms with E-state index in [2.05, 4.69) is 35.4 Å². The Labute approximate surface area is 110 Å². The van der Waals surface area contributed by atoms with Crippen LogP contribution in [0.2, 0.25) is 0 Å². The Morgan fingerprint density at radius 1 is 1.44 bits per heavy atom. The summed E-state index contributed by atoms with van der Waals surface area (Å²) in [7, 11) is 0. The fraction of sp³-hybridized carbons (Fsp3) is 0.786. The fourth-order valence-corrected chi connectivity index (χ4v) is 2.63. The summed E-state index contributed by atoms with van der Waals surface area (Å²) in [6.07, 6.45) is 8.03. The minimum absolute atomic E-state index is 0.680. The molecule has 2 heterocycles. The van der Waals surface area contributed by atoms with Crippen LogP contribution < -0.4 is 5.32 Å². The molecule has 1 aliphatic rings. The van der Waals surface area contributed by atoms with Crippen LogP contribution in [-0.4, -0.2) is 40.4 Å². The molecule has 0 aromatic carbocycles. The van der Waals surface area contributed by atoms with Crippen LogP contribution in [0.15, 0.2) is 12.4 Å². The molecule has 0 amide bonds.